The predicted octanol–water partition coefficient (Wildman–Crippen LogP) is 1.88. The lowest BCUT2D eigenvalue weighted by Gasteiger charge is -2.34. The standard InChI is InChI=1S/C22H34N4O2/c1-2-8-20(19-9-4-3-5-10-19)23-21(27)17-24-13-15-25(16-14-24)18-22(28)26-11-6-7-12-26/h3-5,9-10,20H,2,6-8,11-18H2,1H3,(H,23,27). The fourth-order valence-corrected chi connectivity index (χ4v) is 4.10. The Bertz CT molecular complexity index is 623. The largest absolute Gasteiger partial charge is 0.348 e. The first-order valence-electron chi connectivity index (χ1n) is 10.7. The van der Waals surface area contributed by atoms with Crippen LogP contribution >= 0.6 is 0 Å². The van der Waals surface area contributed by atoms with Gasteiger partial charge in [-0.2, -0.15) is 0 Å². The molecule has 28 heavy (non-hydrogen) atoms. The Hall–Kier alpha value is -1.92. The molecule has 6 heteroatoms. The molecule has 1 aromatic carbocycles. The zero-order valence-corrected chi connectivity index (χ0v) is 17.1. The van der Waals surface area contributed by atoms with E-state index >= 15 is 0 Å². The van der Waals surface area contributed by atoms with Gasteiger partial charge in [0.1, 0.15) is 0 Å². The molecule has 2 saturated heterocycles. The van der Waals surface area contributed by atoms with Gasteiger partial charge < -0.3 is 10.2 Å². The van der Waals surface area contributed by atoms with E-state index in [1.54, 1.807) is 0 Å². The number of carbonyl (C=O) groups is 2. The summed E-state index contributed by atoms with van der Waals surface area (Å²) in [6.07, 6.45) is 4.25. The van der Waals surface area contributed by atoms with Crippen molar-refractivity contribution in [1.82, 2.24) is 20.0 Å². The van der Waals surface area contributed by atoms with E-state index in [0.29, 0.717) is 13.1 Å². The second-order valence-electron chi connectivity index (χ2n) is 7.96. The van der Waals surface area contributed by atoms with Gasteiger partial charge in [-0.1, -0.05) is 43.7 Å². The average molecular weight is 387 g/mol. The number of likely N-dealkylation sites (tertiary alicyclic amines) is 1. The lowest BCUT2D eigenvalue weighted by atomic mass is 10.0. The van der Waals surface area contributed by atoms with Crippen LogP contribution in [0.2, 0.25) is 0 Å². The molecule has 0 spiro atoms. The fraction of sp³-hybridized carbons (Fsp3) is 0.636. The van der Waals surface area contributed by atoms with Crippen molar-refractivity contribution in [2.24, 2.45) is 0 Å². The Morgan fingerprint density at radius 2 is 1.54 bits per heavy atom. The quantitative estimate of drug-likeness (QED) is 0.741. The number of nitrogens with zero attached hydrogens (tertiary/aromatic N) is 3. The van der Waals surface area contributed by atoms with Crippen LogP contribution in [0, 0.1) is 0 Å². The van der Waals surface area contributed by atoms with E-state index in [0.717, 1.165) is 65.0 Å². The number of carbonyl (C=O) groups excluding carboxylic acids is 2. The topological polar surface area (TPSA) is 55.9 Å². The summed E-state index contributed by atoms with van der Waals surface area (Å²) >= 11 is 0. The minimum Gasteiger partial charge on any atom is -0.348 e. The smallest absolute Gasteiger partial charge is 0.236 e. The maximum Gasteiger partial charge on any atom is 0.236 e. The SMILES string of the molecule is CCCC(NC(=O)CN1CCN(CC(=O)N2CCCC2)CC1)c1ccccc1. The summed E-state index contributed by atoms with van der Waals surface area (Å²) in [4.78, 5) is 31.3. The van der Waals surface area contributed by atoms with E-state index in [9.17, 15) is 9.59 Å². The average Bonchev–Trinajstić information content (AvgIpc) is 3.25. The molecular formula is C22H34N4O2. The van der Waals surface area contributed by atoms with E-state index in [2.05, 4.69) is 34.2 Å². The molecule has 0 aromatic heterocycles. The molecule has 1 atom stereocenters. The molecular weight excluding hydrogens is 352 g/mol. The number of hydrogen-bond acceptors (Lipinski definition) is 4. The third-order valence-electron chi connectivity index (χ3n) is 5.76. The molecule has 2 aliphatic heterocycles. The van der Waals surface area contributed by atoms with Crippen molar-refractivity contribution < 1.29 is 9.59 Å². The van der Waals surface area contributed by atoms with Crippen LogP contribution in [0.4, 0.5) is 0 Å². The first-order valence-corrected chi connectivity index (χ1v) is 10.7. The molecule has 0 bridgehead atoms. The van der Waals surface area contributed by atoms with Gasteiger partial charge in [-0.05, 0) is 24.8 Å². The maximum absolute atomic E-state index is 12.6. The Labute approximate surface area is 168 Å². The van der Waals surface area contributed by atoms with Crippen molar-refractivity contribution in [3.8, 4) is 0 Å². The highest BCUT2D eigenvalue weighted by Gasteiger charge is 2.24. The summed E-state index contributed by atoms with van der Waals surface area (Å²) in [6, 6.07) is 10.3. The van der Waals surface area contributed by atoms with Crippen LogP contribution in [0.5, 0.6) is 0 Å². The molecule has 2 aliphatic rings. The summed E-state index contributed by atoms with van der Waals surface area (Å²) in [5.41, 5.74) is 1.17. The van der Waals surface area contributed by atoms with E-state index in [1.165, 1.54) is 5.56 Å². The molecule has 0 saturated carbocycles. The number of piperazine rings is 1. The minimum absolute atomic E-state index is 0.0815. The summed E-state index contributed by atoms with van der Waals surface area (Å²) in [7, 11) is 0. The molecule has 0 aliphatic carbocycles. The van der Waals surface area contributed by atoms with E-state index in [-0.39, 0.29) is 17.9 Å². The first-order chi connectivity index (χ1) is 13.7. The molecule has 3 rings (SSSR count). The van der Waals surface area contributed by atoms with Gasteiger partial charge in [-0.25, -0.2) is 0 Å². The molecule has 6 nitrogen and oxygen atoms in total. The zero-order valence-electron chi connectivity index (χ0n) is 17.1. The van der Waals surface area contributed by atoms with E-state index < -0.39 is 0 Å². The lowest BCUT2D eigenvalue weighted by molar-refractivity contribution is -0.132. The molecule has 2 amide bonds. The Morgan fingerprint density at radius 1 is 0.929 bits per heavy atom. The third kappa shape index (κ3) is 6.04. The summed E-state index contributed by atoms with van der Waals surface area (Å²) < 4.78 is 0. The molecule has 0 radical (unpaired) electrons. The zero-order chi connectivity index (χ0) is 19.8. The fourth-order valence-electron chi connectivity index (χ4n) is 4.10. The van der Waals surface area contributed by atoms with Crippen molar-refractivity contribution in [1.29, 1.82) is 0 Å². The van der Waals surface area contributed by atoms with Crippen molar-refractivity contribution in [3.05, 3.63) is 35.9 Å². The lowest BCUT2D eigenvalue weighted by Crippen LogP contribution is -2.51. The van der Waals surface area contributed by atoms with Crippen LogP contribution in [0.15, 0.2) is 30.3 Å². The highest BCUT2D eigenvalue weighted by atomic mass is 16.2. The molecule has 2 heterocycles. The predicted molar refractivity (Wildman–Crippen MR) is 111 cm³/mol. The highest BCUT2D eigenvalue weighted by molar-refractivity contribution is 5.79. The second kappa shape index (κ2) is 10.6. The molecule has 1 aromatic rings. The van der Waals surface area contributed by atoms with Gasteiger partial charge in [0.25, 0.3) is 0 Å². The Kier molecular flexibility index (Phi) is 7.86. The van der Waals surface area contributed by atoms with Crippen molar-refractivity contribution in [3.63, 3.8) is 0 Å². The molecule has 154 valence electrons. The normalized spacial score (nSPS) is 19.5. The van der Waals surface area contributed by atoms with Gasteiger partial charge >= 0.3 is 0 Å². The number of nitrogens with one attached hydrogen (secondary N) is 1. The van der Waals surface area contributed by atoms with Gasteiger partial charge in [0.05, 0.1) is 19.1 Å². The van der Waals surface area contributed by atoms with Crippen LogP contribution in [-0.4, -0.2) is 78.9 Å². The summed E-state index contributed by atoms with van der Waals surface area (Å²) in [5, 5.41) is 3.21. The monoisotopic (exact) mass is 386 g/mol. The third-order valence-corrected chi connectivity index (χ3v) is 5.76. The van der Waals surface area contributed by atoms with Gasteiger partial charge in [0.2, 0.25) is 11.8 Å². The van der Waals surface area contributed by atoms with E-state index in [1.807, 2.05) is 23.1 Å². The van der Waals surface area contributed by atoms with Crippen molar-refractivity contribution in [2.75, 3.05) is 52.4 Å². The van der Waals surface area contributed by atoms with Crippen LogP contribution in [0.1, 0.15) is 44.2 Å². The summed E-state index contributed by atoms with van der Waals surface area (Å²) in [6.45, 7) is 8.31. The minimum atomic E-state index is 0.0815. The number of benzene rings is 1. The first kappa shape index (κ1) is 20.8. The number of hydrogen-bond donors (Lipinski definition) is 1. The van der Waals surface area contributed by atoms with Gasteiger partial charge in [-0.15, -0.1) is 0 Å². The molecule has 1 unspecified atom stereocenters. The van der Waals surface area contributed by atoms with Gasteiger partial charge in [-0.3, -0.25) is 19.4 Å². The Balaban J connectivity index is 1.41. The summed E-state index contributed by atoms with van der Waals surface area (Å²) in [5.74, 6) is 0.345. The second-order valence-corrected chi connectivity index (χ2v) is 7.96. The van der Waals surface area contributed by atoms with Crippen LogP contribution < -0.4 is 5.32 Å². The number of amides is 2. The van der Waals surface area contributed by atoms with Crippen molar-refractivity contribution in [2.45, 2.75) is 38.6 Å². The van der Waals surface area contributed by atoms with Crippen LogP contribution in [0.25, 0.3) is 0 Å². The maximum atomic E-state index is 12.6. The number of rotatable bonds is 8. The molecule has 2 fully saturated rings. The van der Waals surface area contributed by atoms with Crippen LogP contribution in [0.3, 0.4) is 0 Å². The Morgan fingerprint density at radius 3 is 2.14 bits per heavy atom. The van der Waals surface area contributed by atoms with Gasteiger partial charge in [0.15, 0.2) is 0 Å². The van der Waals surface area contributed by atoms with Crippen molar-refractivity contribution >= 4 is 11.8 Å². The molecule has 1 N–H and O–H groups in total. The van der Waals surface area contributed by atoms with Gasteiger partial charge in [0, 0.05) is 39.3 Å². The van der Waals surface area contributed by atoms with E-state index in [4.69, 9.17) is 0 Å². The van der Waals surface area contributed by atoms with Crippen LogP contribution in [-0.2, 0) is 9.59 Å². The highest BCUT2D eigenvalue weighted by Crippen LogP contribution is 2.18.